The molecule has 1 fully saturated rings. The van der Waals surface area contributed by atoms with Crippen molar-refractivity contribution in [1.82, 2.24) is 0 Å². The van der Waals surface area contributed by atoms with Gasteiger partial charge in [-0.05, 0) is 6.92 Å². The number of carbonyl (C=O) groups excluding carboxylic acids is 2. The Labute approximate surface area is 76.0 Å². The number of rotatable bonds is 2. The van der Waals surface area contributed by atoms with E-state index in [9.17, 15) is 9.59 Å². The van der Waals surface area contributed by atoms with E-state index >= 15 is 0 Å². The quantitative estimate of drug-likeness (QED) is 0.565. The number of cyclic esters (lactones) is 1. The topological polar surface area (TPSA) is 61.8 Å². The second-order valence-electron chi connectivity index (χ2n) is 2.85. The van der Waals surface area contributed by atoms with Crippen LogP contribution in [-0.2, 0) is 23.8 Å². The third-order valence-electron chi connectivity index (χ3n) is 1.69. The predicted octanol–water partition coefficient (Wildman–Crippen LogP) is -0.120. The van der Waals surface area contributed by atoms with Gasteiger partial charge in [0.1, 0.15) is 6.10 Å². The van der Waals surface area contributed by atoms with E-state index in [4.69, 9.17) is 9.47 Å². The van der Waals surface area contributed by atoms with Crippen LogP contribution in [0.15, 0.2) is 0 Å². The molecule has 13 heavy (non-hydrogen) atoms. The van der Waals surface area contributed by atoms with Crippen molar-refractivity contribution in [2.24, 2.45) is 0 Å². The van der Waals surface area contributed by atoms with E-state index in [2.05, 4.69) is 4.74 Å². The van der Waals surface area contributed by atoms with E-state index in [0.29, 0.717) is 6.61 Å². The summed E-state index contributed by atoms with van der Waals surface area (Å²) in [5, 5.41) is 0. The average molecular weight is 188 g/mol. The van der Waals surface area contributed by atoms with Gasteiger partial charge in [0.25, 0.3) is 0 Å². The zero-order chi connectivity index (χ0) is 9.84. The van der Waals surface area contributed by atoms with Crippen LogP contribution in [0, 0.1) is 0 Å². The average Bonchev–Trinajstić information content (AvgIpc) is 2.09. The maximum atomic E-state index is 11.1. The van der Waals surface area contributed by atoms with Crippen LogP contribution in [0.5, 0.6) is 0 Å². The van der Waals surface area contributed by atoms with Crippen LogP contribution in [0.3, 0.4) is 0 Å². The Morgan fingerprint density at radius 1 is 1.69 bits per heavy atom. The van der Waals surface area contributed by atoms with Gasteiger partial charge in [-0.15, -0.1) is 0 Å². The molecule has 0 aliphatic carbocycles. The first-order valence-electron chi connectivity index (χ1n) is 4.02. The van der Waals surface area contributed by atoms with E-state index in [1.807, 2.05) is 0 Å². The molecule has 1 rings (SSSR count). The molecule has 0 aromatic carbocycles. The summed E-state index contributed by atoms with van der Waals surface area (Å²) in [6, 6.07) is 0. The number of methoxy groups -OCH3 is 1. The summed E-state index contributed by atoms with van der Waals surface area (Å²) in [5.74, 6) is -0.972. The van der Waals surface area contributed by atoms with Crippen molar-refractivity contribution in [2.75, 3.05) is 13.7 Å². The lowest BCUT2D eigenvalue weighted by Crippen LogP contribution is -2.40. The summed E-state index contributed by atoms with van der Waals surface area (Å²) in [6.07, 6.45) is -1.12. The van der Waals surface area contributed by atoms with Crippen molar-refractivity contribution in [2.45, 2.75) is 25.6 Å². The molecule has 1 aliphatic heterocycles. The summed E-state index contributed by atoms with van der Waals surface area (Å²) in [6.45, 7) is 2.06. The summed E-state index contributed by atoms with van der Waals surface area (Å²) in [5.41, 5.74) is 0. The molecule has 2 unspecified atom stereocenters. The Kier molecular flexibility index (Phi) is 3.25. The van der Waals surface area contributed by atoms with Gasteiger partial charge in [0.2, 0.25) is 0 Å². The van der Waals surface area contributed by atoms with Crippen LogP contribution in [0.25, 0.3) is 0 Å². The summed E-state index contributed by atoms with van der Waals surface area (Å²) < 4.78 is 14.4. The molecule has 0 aromatic heterocycles. The SMILES string of the molecule is COC(=O)CC1OCC(C)OC1=O. The van der Waals surface area contributed by atoms with E-state index in [0.717, 1.165) is 0 Å². The van der Waals surface area contributed by atoms with Gasteiger partial charge >= 0.3 is 11.9 Å². The molecule has 5 nitrogen and oxygen atoms in total. The standard InChI is InChI=1S/C8H12O5/c1-5-4-12-6(8(10)13-5)3-7(9)11-2/h5-6H,3-4H2,1-2H3. The third-order valence-corrected chi connectivity index (χ3v) is 1.69. The Hall–Kier alpha value is -1.10. The second-order valence-corrected chi connectivity index (χ2v) is 2.85. The van der Waals surface area contributed by atoms with E-state index in [1.165, 1.54) is 7.11 Å². The molecule has 0 N–H and O–H groups in total. The van der Waals surface area contributed by atoms with Crippen molar-refractivity contribution in [3.63, 3.8) is 0 Å². The van der Waals surface area contributed by atoms with Crippen molar-refractivity contribution >= 4 is 11.9 Å². The molecular formula is C8H12O5. The summed E-state index contributed by atoms with van der Waals surface area (Å²) >= 11 is 0. The minimum absolute atomic E-state index is 0.0813. The maximum absolute atomic E-state index is 11.1. The molecule has 2 atom stereocenters. The largest absolute Gasteiger partial charge is 0.469 e. The van der Waals surface area contributed by atoms with Crippen LogP contribution in [0.4, 0.5) is 0 Å². The lowest BCUT2D eigenvalue weighted by atomic mass is 10.2. The lowest BCUT2D eigenvalue weighted by molar-refractivity contribution is -0.184. The van der Waals surface area contributed by atoms with Gasteiger partial charge in [0, 0.05) is 0 Å². The summed E-state index contributed by atoms with van der Waals surface area (Å²) in [4.78, 5) is 21.9. The molecule has 1 saturated heterocycles. The fraction of sp³-hybridized carbons (Fsp3) is 0.750. The van der Waals surface area contributed by atoms with Crippen molar-refractivity contribution in [3.8, 4) is 0 Å². The van der Waals surface area contributed by atoms with Crippen molar-refractivity contribution in [1.29, 1.82) is 0 Å². The first-order chi connectivity index (χ1) is 6.13. The first kappa shape index (κ1) is 9.98. The monoisotopic (exact) mass is 188 g/mol. The molecule has 5 heteroatoms. The van der Waals surface area contributed by atoms with Crippen LogP contribution in [0.1, 0.15) is 13.3 Å². The molecule has 1 heterocycles. The van der Waals surface area contributed by atoms with Crippen LogP contribution in [0.2, 0.25) is 0 Å². The van der Waals surface area contributed by atoms with Gasteiger partial charge in [0.05, 0.1) is 20.1 Å². The highest BCUT2D eigenvalue weighted by molar-refractivity contribution is 5.82. The van der Waals surface area contributed by atoms with E-state index in [1.54, 1.807) is 6.92 Å². The number of carbonyl (C=O) groups is 2. The van der Waals surface area contributed by atoms with Crippen molar-refractivity contribution < 1.29 is 23.8 Å². The number of hydrogen-bond donors (Lipinski definition) is 0. The maximum Gasteiger partial charge on any atom is 0.336 e. The number of hydrogen-bond acceptors (Lipinski definition) is 5. The highest BCUT2D eigenvalue weighted by atomic mass is 16.6. The second kappa shape index (κ2) is 4.23. The molecular weight excluding hydrogens is 176 g/mol. The van der Waals surface area contributed by atoms with Gasteiger partial charge in [0.15, 0.2) is 6.10 Å². The number of esters is 2. The normalized spacial score (nSPS) is 28.0. The zero-order valence-corrected chi connectivity index (χ0v) is 7.61. The highest BCUT2D eigenvalue weighted by Gasteiger charge is 2.30. The molecule has 0 spiro atoms. The first-order valence-corrected chi connectivity index (χ1v) is 4.02. The van der Waals surface area contributed by atoms with Crippen LogP contribution in [-0.4, -0.2) is 37.9 Å². The Balaban J connectivity index is 2.42. The van der Waals surface area contributed by atoms with Crippen LogP contribution < -0.4 is 0 Å². The molecule has 0 saturated carbocycles. The van der Waals surface area contributed by atoms with E-state index < -0.39 is 18.0 Å². The molecule has 74 valence electrons. The minimum Gasteiger partial charge on any atom is -0.469 e. The van der Waals surface area contributed by atoms with Gasteiger partial charge in [-0.1, -0.05) is 0 Å². The lowest BCUT2D eigenvalue weighted by Gasteiger charge is -2.25. The van der Waals surface area contributed by atoms with Gasteiger partial charge in [-0.2, -0.15) is 0 Å². The summed E-state index contributed by atoms with van der Waals surface area (Å²) in [7, 11) is 1.26. The minimum atomic E-state index is -0.802. The van der Waals surface area contributed by atoms with E-state index in [-0.39, 0.29) is 12.5 Å². The van der Waals surface area contributed by atoms with Gasteiger partial charge < -0.3 is 14.2 Å². The Bertz CT molecular complexity index is 213. The van der Waals surface area contributed by atoms with Crippen molar-refractivity contribution in [3.05, 3.63) is 0 Å². The Morgan fingerprint density at radius 2 is 2.38 bits per heavy atom. The molecule has 0 radical (unpaired) electrons. The Morgan fingerprint density at radius 3 is 2.92 bits per heavy atom. The molecule has 0 bridgehead atoms. The third kappa shape index (κ3) is 2.69. The molecule has 0 aromatic rings. The van der Waals surface area contributed by atoms with Gasteiger partial charge in [-0.25, -0.2) is 4.79 Å². The predicted molar refractivity (Wildman–Crippen MR) is 41.9 cm³/mol. The van der Waals surface area contributed by atoms with Gasteiger partial charge in [-0.3, -0.25) is 4.79 Å². The smallest absolute Gasteiger partial charge is 0.336 e. The fourth-order valence-corrected chi connectivity index (χ4v) is 1.00. The molecule has 0 amide bonds. The zero-order valence-electron chi connectivity index (χ0n) is 7.61. The number of ether oxygens (including phenoxy) is 3. The fourth-order valence-electron chi connectivity index (χ4n) is 1.00. The highest BCUT2D eigenvalue weighted by Crippen LogP contribution is 2.11. The molecule has 1 aliphatic rings. The van der Waals surface area contributed by atoms with Crippen LogP contribution >= 0.6 is 0 Å².